The van der Waals surface area contributed by atoms with Crippen LogP contribution >= 0.6 is 0 Å². The maximum atomic E-state index is 13.5. The van der Waals surface area contributed by atoms with E-state index in [1.54, 1.807) is 0 Å². The summed E-state index contributed by atoms with van der Waals surface area (Å²) in [5.41, 5.74) is 0. The molecule has 844 valence electrons. The van der Waals surface area contributed by atoms with E-state index in [-0.39, 0.29) is 0 Å². The van der Waals surface area contributed by atoms with E-state index in [0.717, 1.165) is 41.5 Å². The lowest BCUT2D eigenvalue weighted by Gasteiger charge is -2.52. The van der Waals surface area contributed by atoms with Crippen molar-refractivity contribution in [2.45, 2.75) is 385 Å². The second kappa shape index (κ2) is 53.9. The molecule has 65 nitrogen and oxygen atoms in total. The molecule has 0 radical (unpaired) electrons. The highest BCUT2D eigenvalue weighted by atomic mass is 16.8. The van der Waals surface area contributed by atoms with Gasteiger partial charge in [-0.3, -0.25) is 28.8 Å². The summed E-state index contributed by atoms with van der Waals surface area (Å²) >= 11 is 0. The Labute approximate surface area is 826 Å². The molecule has 6 amide bonds. The first kappa shape index (κ1) is 122. The number of nitrogens with one attached hydrogen (secondary N) is 6. The monoisotopic (exact) mass is 2140 g/mol. The van der Waals surface area contributed by atoms with Crippen LogP contribution in [0.15, 0.2) is 0 Å². The Morgan fingerprint density at radius 1 is 0.308 bits per heavy atom. The molecule has 65 heteroatoms. The number of aliphatic hydroxyl groups is 31. The molecule has 10 fully saturated rings. The second-order valence-corrected chi connectivity index (χ2v) is 36.4. The minimum absolute atomic E-state index is 0.809. The van der Waals surface area contributed by atoms with Crippen LogP contribution in [0.3, 0.4) is 0 Å². The summed E-state index contributed by atoms with van der Waals surface area (Å²) in [7, 11) is 0. The molecule has 0 aromatic carbocycles. The summed E-state index contributed by atoms with van der Waals surface area (Å²) in [6.07, 6.45) is -113. The normalized spacial score (nSPS) is 44.7. The molecule has 10 saturated heterocycles. The Morgan fingerprint density at radius 3 is 1.05 bits per heavy atom. The molecule has 0 unspecified atom stereocenters. The Bertz CT molecular complexity index is 4110. The fourth-order valence-corrected chi connectivity index (χ4v) is 18.5. The van der Waals surface area contributed by atoms with Crippen LogP contribution < -0.4 is 31.9 Å². The zero-order valence-corrected chi connectivity index (χ0v) is 78.7. The second-order valence-electron chi connectivity index (χ2n) is 36.4. The molecular formula is C81H136N6O59. The summed E-state index contributed by atoms with van der Waals surface area (Å²) < 4.78 is 122. The number of aliphatic carboxylic acids is 1. The minimum atomic E-state index is -3.38. The largest absolute Gasteiger partial charge is 0.477 e. The SMILES string of the molecule is CC(=O)N[C@H]1[C@H](O[C@@H]([C@H](O)[C@H](CO)NC(C)=O)[C@H](O)CO)O[C@H](CO)[C@@H](O[C@@H]2O[C@H](CO[C@H]3O[C@H](CO)[C@@H](O)[C@H](O)[C@@H]3O[C@@H]3O[C@H](CO)[C@@H](O[C@@H]4O[C@H](CO)[C@H](O)[C@H](O)[C@H]4O)[C@H](O)[C@H]3NC(C)=O)[C@@H](O[C@@H]3O[C@H](CO)[C@@H](O)[C@H](O)[C@H]3NC(C)=O)[C@H](O[C@H]3O[C@H](CO)[C@@H](O)[C@H](O)[C@@H]3O[C@@H]3O[C@H](CO)[C@@H](O[C@@H]4O[C@H](CO)[C@H](O)[C@H](O[C@]5(C(=O)O)C[C@H](O)[C@@H](NC(C)=O)[C@H]([C@H](O)[C@H](O)CO)O5)[C@H]4O)[C@H](O)[C@H]3NC(C)=O)[C@@H]2O)[C@@H]1O. The molecule has 0 aromatic heterocycles. The molecular weight excluding hydrogens is 2000 g/mol. The van der Waals surface area contributed by atoms with Crippen LogP contribution in [0.5, 0.6) is 0 Å². The van der Waals surface area contributed by atoms with Crippen molar-refractivity contribution in [2.24, 2.45) is 0 Å². The Kier molecular flexibility index (Phi) is 45.1. The van der Waals surface area contributed by atoms with Gasteiger partial charge in [0.25, 0.3) is 5.79 Å². The maximum Gasteiger partial charge on any atom is 0.364 e. The van der Waals surface area contributed by atoms with Crippen molar-refractivity contribution in [1.82, 2.24) is 31.9 Å². The highest BCUT2D eigenvalue weighted by Gasteiger charge is 2.65. The van der Waals surface area contributed by atoms with Gasteiger partial charge in [-0.15, -0.1) is 0 Å². The van der Waals surface area contributed by atoms with E-state index in [1.807, 2.05) is 0 Å². The maximum absolute atomic E-state index is 13.5. The summed E-state index contributed by atoms with van der Waals surface area (Å²) in [5, 5.41) is 376. The van der Waals surface area contributed by atoms with E-state index >= 15 is 0 Å². The lowest BCUT2D eigenvalue weighted by Crippen LogP contribution is -2.72. The quantitative estimate of drug-likeness (QED) is 0.0269. The molecule has 10 heterocycles. The molecule has 55 atom stereocenters. The predicted octanol–water partition coefficient (Wildman–Crippen LogP) is -25.3. The summed E-state index contributed by atoms with van der Waals surface area (Å²) in [4.78, 5) is 91.4. The van der Waals surface area contributed by atoms with Crippen molar-refractivity contribution < 1.29 is 292 Å². The topological polar surface area (TPSA) is 1020 Å². The van der Waals surface area contributed by atoms with Crippen LogP contribution in [0.1, 0.15) is 48.0 Å². The van der Waals surface area contributed by atoms with E-state index < -0.39 is 464 Å². The van der Waals surface area contributed by atoms with Gasteiger partial charge in [-0.2, -0.15) is 0 Å². The summed E-state index contributed by atoms with van der Waals surface area (Å²) in [6.45, 7) is -9.99. The van der Waals surface area contributed by atoms with Crippen molar-refractivity contribution in [1.29, 1.82) is 0 Å². The molecule has 10 aliphatic rings. The molecule has 10 aliphatic heterocycles. The number of carboxylic acids is 1. The van der Waals surface area contributed by atoms with Gasteiger partial charge in [0.2, 0.25) is 35.4 Å². The lowest BCUT2D eigenvalue weighted by molar-refractivity contribution is -0.409. The third-order valence-electron chi connectivity index (χ3n) is 26.0. The zero-order valence-electron chi connectivity index (χ0n) is 78.7. The Hall–Kier alpha value is -5.75. The van der Waals surface area contributed by atoms with Gasteiger partial charge in [0.1, 0.15) is 256 Å². The van der Waals surface area contributed by atoms with Gasteiger partial charge < -0.3 is 290 Å². The fourth-order valence-electron chi connectivity index (χ4n) is 18.5. The molecule has 0 saturated carbocycles. The third-order valence-corrected chi connectivity index (χ3v) is 26.0. The van der Waals surface area contributed by atoms with Crippen LogP contribution in [0, 0.1) is 0 Å². The number of hydrogen-bond donors (Lipinski definition) is 38. The first-order valence-electron chi connectivity index (χ1n) is 46.2. The van der Waals surface area contributed by atoms with E-state index in [2.05, 4.69) is 31.9 Å². The van der Waals surface area contributed by atoms with Crippen LogP contribution in [0.4, 0.5) is 0 Å². The number of carboxylic acid groups (broad SMARTS) is 1. The predicted molar refractivity (Wildman–Crippen MR) is 451 cm³/mol. The lowest BCUT2D eigenvalue weighted by atomic mass is 9.88. The van der Waals surface area contributed by atoms with Gasteiger partial charge in [-0.05, 0) is 0 Å². The molecule has 38 N–H and O–H groups in total. The van der Waals surface area contributed by atoms with Crippen molar-refractivity contribution in [2.75, 3.05) is 79.3 Å². The van der Waals surface area contributed by atoms with Gasteiger partial charge in [0.15, 0.2) is 56.6 Å². The van der Waals surface area contributed by atoms with Crippen molar-refractivity contribution in [3.8, 4) is 0 Å². The Morgan fingerprint density at radius 2 is 0.637 bits per heavy atom. The summed E-state index contributed by atoms with van der Waals surface area (Å²) in [5.74, 6) is -11.7. The first-order chi connectivity index (χ1) is 68.9. The van der Waals surface area contributed by atoms with Crippen LogP contribution in [-0.4, -0.2) is 621 Å². The number of rotatable bonds is 44. The smallest absolute Gasteiger partial charge is 0.364 e. The van der Waals surface area contributed by atoms with Crippen molar-refractivity contribution in [3.63, 3.8) is 0 Å². The van der Waals surface area contributed by atoms with Crippen LogP contribution in [0.2, 0.25) is 0 Å². The number of aliphatic hydroxyl groups excluding tert-OH is 31. The first-order valence-corrected chi connectivity index (χ1v) is 46.2. The highest BCUT2D eigenvalue weighted by molar-refractivity contribution is 5.77. The molecule has 0 aromatic rings. The molecule has 0 spiro atoms. The van der Waals surface area contributed by atoms with Gasteiger partial charge in [0, 0.05) is 48.0 Å². The van der Waals surface area contributed by atoms with E-state index in [0.29, 0.717) is 0 Å². The average Bonchev–Trinajstić information content (AvgIpc) is 0.761. The van der Waals surface area contributed by atoms with Crippen LogP contribution in [-0.2, 0) is 128 Å². The van der Waals surface area contributed by atoms with E-state index in [9.17, 15) is 197 Å². The zero-order chi connectivity index (χ0) is 108. The van der Waals surface area contributed by atoms with Gasteiger partial charge in [-0.1, -0.05) is 0 Å². The minimum Gasteiger partial charge on any atom is -0.477 e. The number of carbonyl (C=O) groups excluding carboxylic acids is 6. The molecule has 10 rings (SSSR count). The summed E-state index contributed by atoms with van der Waals surface area (Å²) in [6, 6.07) is -12.1. The van der Waals surface area contributed by atoms with Gasteiger partial charge >= 0.3 is 5.97 Å². The molecule has 0 bridgehead atoms. The fraction of sp³-hybridized carbons (Fsp3) is 0.914. The number of amides is 6. The molecule has 146 heavy (non-hydrogen) atoms. The number of hydrogen-bond acceptors (Lipinski definition) is 58. The average molecular weight is 2140 g/mol. The van der Waals surface area contributed by atoms with Crippen molar-refractivity contribution in [3.05, 3.63) is 0 Å². The third kappa shape index (κ3) is 27.8. The Balaban J connectivity index is 1.08. The number of ether oxygens (including phenoxy) is 20. The van der Waals surface area contributed by atoms with Crippen molar-refractivity contribution >= 4 is 41.4 Å². The van der Waals surface area contributed by atoms with Crippen LogP contribution in [0.25, 0.3) is 0 Å². The van der Waals surface area contributed by atoms with Gasteiger partial charge in [0.05, 0.1) is 97.5 Å². The van der Waals surface area contributed by atoms with E-state index in [4.69, 9.17) is 94.7 Å². The standard InChI is InChI=1S/C81H136N6O59/c1-20(99)82-26(8-88)44(108)61(29(107)10-90)137-72-41(85-23(4)102)52(116)64(36(17-97)133-72)140-77-60(124)68(65(141-71-40(84-22(3)101)51(115)46(110)30(11-91)128-71)38(136-77)19-127-78-69(56(120)48(112)32(13-93)131-78)143-73-42(86-24(5)103)53(117)62(35(16-96)134-73)138-75-58(122)55(119)47(111)31(12-92)129-75)142-79-70(57(121)49(113)33(14-94)132-79)144-74-43(87-25(6)104)54(118)63(37(18-98)135-74)139-76-59(123)67(50(114)34(15-95)130-76)146-81(80(125)126)7-27(105)39(83-21(2)100)66(145-81)45(109)28(106)9-89/h26-79,88-98,105-124H,7-19H2,1-6H3,(H,82,99)(H,83,100)(H,84,101)(H,85,102)(H,86,103)(H,87,104)(H,125,126)/t26-,27-,28+,29+,30+,31+,32+,33+,34+,35+,36+,37+,38+,39+,40+,41+,42+,43+,44+,45+,46+,47-,48+,49+,50-,51+,52+,53+,54+,55-,56-,57-,58+,59+,60-,61+,62+,63+,64+,65+,66+,67-,68+,69-,70-,71-,72-,73-,74-,75-,76-,77-,78-,79+,81-/m0/s1. The molecule has 0 aliphatic carbocycles. The number of carbonyl (C=O) groups is 7. The van der Waals surface area contributed by atoms with E-state index in [1.165, 1.54) is 0 Å². The highest BCUT2D eigenvalue weighted by Crippen LogP contribution is 2.44. The van der Waals surface area contributed by atoms with Gasteiger partial charge in [-0.25, -0.2) is 4.79 Å².